The van der Waals surface area contributed by atoms with Gasteiger partial charge in [-0.3, -0.25) is 0 Å². The van der Waals surface area contributed by atoms with E-state index >= 15 is 0 Å². The molecular weight excluding hydrogens is 281 g/mol. The fourth-order valence-corrected chi connectivity index (χ4v) is 3.23. The van der Waals surface area contributed by atoms with Crippen molar-refractivity contribution in [2.75, 3.05) is 5.32 Å². The van der Waals surface area contributed by atoms with Gasteiger partial charge in [-0.15, -0.1) is 0 Å². The molecular formula is C18H18FNO2. The van der Waals surface area contributed by atoms with E-state index in [9.17, 15) is 9.18 Å². The van der Waals surface area contributed by atoms with Crippen molar-refractivity contribution in [2.45, 2.75) is 31.2 Å². The van der Waals surface area contributed by atoms with Crippen LogP contribution in [0.25, 0.3) is 0 Å². The summed E-state index contributed by atoms with van der Waals surface area (Å²) in [4.78, 5) is 11.1. The molecule has 1 saturated carbocycles. The maximum atomic E-state index is 14.1. The van der Waals surface area contributed by atoms with Gasteiger partial charge in [0.15, 0.2) is 0 Å². The van der Waals surface area contributed by atoms with E-state index in [-0.39, 0.29) is 16.8 Å². The van der Waals surface area contributed by atoms with Crippen LogP contribution < -0.4 is 5.32 Å². The average Bonchev–Trinajstić information content (AvgIpc) is 3.00. The van der Waals surface area contributed by atoms with Crippen LogP contribution in [0.1, 0.15) is 41.6 Å². The summed E-state index contributed by atoms with van der Waals surface area (Å²) in [6.07, 6.45) is 3.96. The van der Waals surface area contributed by atoms with Gasteiger partial charge in [-0.05, 0) is 36.6 Å². The lowest BCUT2D eigenvalue weighted by atomic mass is 9.87. The zero-order chi connectivity index (χ0) is 15.6. The third-order valence-electron chi connectivity index (χ3n) is 4.37. The Kier molecular flexibility index (Phi) is 3.84. The molecule has 1 aliphatic rings. The minimum absolute atomic E-state index is 0.0881. The lowest BCUT2D eigenvalue weighted by Crippen LogP contribution is -2.32. The van der Waals surface area contributed by atoms with Crippen LogP contribution in [0.3, 0.4) is 0 Å². The van der Waals surface area contributed by atoms with Crippen LogP contribution in [0, 0.1) is 5.82 Å². The SMILES string of the molecule is O=C(O)c1ccc(F)c(NC2(c3ccccc3)CCCC2)c1. The fourth-order valence-electron chi connectivity index (χ4n) is 3.23. The zero-order valence-electron chi connectivity index (χ0n) is 12.2. The predicted octanol–water partition coefficient (Wildman–Crippen LogP) is 4.41. The van der Waals surface area contributed by atoms with Gasteiger partial charge in [-0.1, -0.05) is 43.2 Å². The van der Waals surface area contributed by atoms with Crippen LogP contribution in [0.15, 0.2) is 48.5 Å². The summed E-state index contributed by atoms with van der Waals surface area (Å²) in [6.45, 7) is 0. The number of rotatable bonds is 4. The summed E-state index contributed by atoms with van der Waals surface area (Å²) < 4.78 is 14.1. The number of aromatic carboxylic acids is 1. The van der Waals surface area contributed by atoms with E-state index in [1.54, 1.807) is 0 Å². The Morgan fingerprint density at radius 2 is 1.77 bits per heavy atom. The van der Waals surface area contributed by atoms with E-state index in [0.29, 0.717) is 0 Å². The quantitative estimate of drug-likeness (QED) is 0.879. The van der Waals surface area contributed by atoms with Crippen LogP contribution in [-0.2, 0) is 5.54 Å². The second-order valence-electron chi connectivity index (χ2n) is 5.78. The van der Waals surface area contributed by atoms with Crippen molar-refractivity contribution in [3.63, 3.8) is 0 Å². The van der Waals surface area contributed by atoms with Gasteiger partial charge in [0.1, 0.15) is 5.82 Å². The predicted molar refractivity (Wildman–Crippen MR) is 83.6 cm³/mol. The van der Waals surface area contributed by atoms with E-state index in [2.05, 4.69) is 5.32 Å². The molecule has 114 valence electrons. The second kappa shape index (κ2) is 5.79. The minimum atomic E-state index is -1.05. The lowest BCUT2D eigenvalue weighted by molar-refractivity contribution is 0.0697. The van der Waals surface area contributed by atoms with Crippen molar-refractivity contribution in [3.8, 4) is 0 Å². The van der Waals surface area contributed by atoms with Gasteiger partial charge in [-0.2, -0.15) is 0 Å². The number of carboxylic acid groups (broad SMARTS) is 1. The molecule has 0 atom stereocenters. The maximum Gasteiger partial charge on any atom is 0.335 e. The van der Waals surface area contributed by atoms with Crippen LogP contribution in [0.4, 0.5) is 10.1 Å². The van der Waals surface area contributed by atoms with Gasteiger partial charge < -0.3 is 10.4 Å². The van der Waals surface area contributed by atoms with Gasteiger partial charge in [0.2, 0.25) is 0 Å². The molecule has 2 aromatic carbocycles. The number of benzene rings is 2. The van der Waals surface area contributed by atoms with Crippen molar-refractivity contribution >= 4 is 11.7 Å². The average molecular weight is 299 g/mol. The smallest absolute Gasteiger partial charge is 0.335 e. The van der Waals surface area contributed by atoms with Gasteiger partial charge in [0.25, 0.3) is 0 Å². The molecule has 3 rings (SSSR count). The molecule has 4 heteroatoms. The molecule has 0 radical (unpaired) electrons. The molecule has 0 unspecified atom stereocenters. The summed E-state index contributed by atoms with van der Waals surface area (Å²) in [5.41, 5.74) is 1.14. The van der Waals surface area contributed by atoms with Gasteiger partial charge in [-0.25, -0.2) is 9.18 Å². The Morgan fingerprint density at radius 1 is 1.09 bits per heavy atom. The summed E-state index contributed by atoms with van der Waals surface area (Å²) in [6, 6.07) is 13.8. The third kappa shape index (κ3) is 2.69. The number of hydrogen-bond acceptors (Lipinski definition) is 2. The van der Waals surface area contributed by atoms with E-state index in [1.807, 2.05) is 30.3 Å². The first-order valence-electron chi connectivity index (χ1n) is 7.47. The maximum absolute atomic E-state index is 14.1. The Bertz CT molecular complexity index is 679. The van der Waals surface area contributed by atoms with Crippen molar-refractivity contribution in [2.24, 2.45) is 0 Å². The van der Waals surface area contributed by atoms with Crippen molar-refractivity contribution in [1.29, 1.82) is 0 Å². The highest BCUT2D eigenvalue weighted by Gasteiger charge is 2.36. The van der Waals surface area contributed by atoms with Crippen LogP contribution >= 0.6 is 0 Å². The second-order valence-corrected chi connectivity index (χ2v) is 5.78. The molecule has 1 aliphatic carbocycles. The Hall–Kier alpha value is -2.36. The van der Waals surface area contributed by atoms with Crippen LogP contribution in [0.2, 0.25) is 0 Å². The first kappa shape index (κ1) is 14.6. The molecule has 0 aliphatic heterocycles. The fraction of sp³-hybridized carbons (Fsp3) is 0.278. The topological polar surface area (TPSA) is 49.3 Å². The molecule has 0 amide bonds. The van der Waals surface area contributed by atoms with E-state index < -0.39 is 11.8 Å². The summed E-state index contributed by atoms with van der Waals surface area (Å²) in [7, 11) is 0. The summed E-state index contributed by atoms with van der Waals surface area (Å²) >= 11 is 0. The first-order chi connectivity index (χ1) is 10.6. The molecule has 1 fully saturated rings. The molecule has 0 bridgehead atoms. The van der Waals surface area contributed by atoms with E-state index in [0.717, 1.165) is 31.2 Å². The number of carboxylic acids is 1. The highest BCUT2D eigenvalue weighted by molar-refractivity contribution is 5.88. The first-order valence-corrected chi connectivity index (χ1v) is 7.47. The molecule has 2 aromatic rings. The lowest BCUT2D eigenvalue weighted by Gasteiger charge is -2.32. The molecule has 22 heavy (non-hydrogen) atoms. The standard InChI is InChI=1S/C18H18FNO2/c19-15-9-8-13(17(21)22)12-16(15)20-18(10-4-5-11-18)14-6-2-1-3-7-14/h1-3,6-9,12,20H,4-5,10-11H2,(H,21,22). The van der Waals surface area contributed by atoms with Crippen molar-refractivity contribution < 1.29 is 14.3 Å². The number of hydrogen-bond donors (Lipinski definition) is 2. The highest BCUT2D eigenvalue weighted by Crippen LogP contribution is 2.42. The largest absolute Gasteiger partial charge is 0.478 e. The monoisotopic (exact) mass is 299 g/mol. The van der Waals surface area contributed by atoms with Crippen molar-refractivity contribution in [3.05, 3.63) is 65.5 Å². The number of carbonyl (C=O) groups is 1. The van der Waals surface area contributed by atoms with Crippen LogP contribution in [0.5, 0.6) is 0 Å². The number of nitrogens with one attached hydrogen (secondary N) is 1. The Labute approximate surface area is 128 Å². The van der Waals surface area contributed by atoms with Gasteiger partial charge >= 0.3 is 5.97 Å². The normalized spacial score (nSPS) is 16.4. The van der Waals surface area contributed by atoms with E-state index in [4.69, 9.17) is 5.11 Å². The molecule has 2 N–H and O–H groups in total. The molecule has 0 aromatic heterocycles. The van der Waals surface area contributed by atoms with Crippen molar-refractivity contribution in [1.82, 2.24) is 0 Å². The van der Waals surface area contributed by atoms with E-state index in [1.165, 1.54) is 18.2 Å². The zero-order valence-corrected chi connectivity index (χ0v) is 12.2. The van der Waals surface area contributed by atoms with Gasteiger partial charge in [0, 0.05) is 0 Å². The Morgan fingerprint density at radius 3 is 2.41 bits per heavy atom. The molecule has 3 nitrogen and oxygen atoms in total. The number of halogens is 1. The summed E-state index contributed by atoms with van der Waals surface area (Å²) in [5.74, 6) is -1.48. The molecule has 0 spiro atoms. The molecule has 0 heterocycles. The van der Waals surface area contributed by atoms with Gasteiger partial charge in [0.05, 0.1) is 16.8 Å². The minimum Gasteiger partial charge on any atom is -0.478 e. The molecule has 0 saturated heterocycles. The summed E-state index contributed by atoms with van der Waals surface area (Å²) in [5, 5.41) is 12.4. The van der Waals surface area contributed by atoms with Crippen LogP contribution in [-0.4, -0.2) is 11.1 Å². The highest BCUT2D eigenvalue weighted by atomic mass is 19.1. The Balaban J connectivity index is 1.99. The number of anilines is 1. The third-order valence-corrected chi connectivity index (χ3v) is 4.37.